The number of rotatable bonds is 4. The molecule has 0 aliphatic carbocycles. The standard InChI is InChI=1S/C20H21ClN4O2S/c1-13-12-25-17(14(2)22-20(25)28-13)6-7-18(26)23-16-5-3-4-15(21)19(16)24-8-10-27-11-9-24/h3-7,12H,8-11H2,1-2H3,(H,23,26)/b7-6+. The fraction of sp³-hybridized carbons (Fsp3) is 0.300. The van der Waals surface area contributed by atoms with Crippen LogP contribution in [0.1, 0.15) is 16.3 Å². The van der Waals surface area contributed by atoms with E-state index in [0.717, 1.165) is 35.1 Å². The van der Waals surface area contributed by atoms with Crippen LogP contribution in [0.25, 0.3) is 11.0 Å². The number of nitrogens with one attached hydrogen (secondary N) is 1. The minimum Gasteiger partial charge on any atom is -0.378 e. The first-order valence-electron chi connectivity index (χ1n) is 9.08. The monoisotopic (exact) mass is 416 g/mol. The lowest BCUT2D eigenvalue weighted by Crippen LogP contribution is -2.37. The van der Waals surface area contributed by atoms with Crippen molar-refractivity contribution in [3.63, 3.8) is 0 Å². The molecule has 28 heavy (non-hydrogen) atoms. The Morgan fingerprint density at radius 3 is 2.89 bits per heavy atom. The molecule has 0 spiro atoms. The zero-order chi connectivity index (χ0) is 19.7. The molecule has 0 radical (unpaired) electrons. The van der Waals surface area contributed by atoms with E-state index in [1.165, 1.54) is 11.0 Å². The normalized spacial score (nSPS) is 14.9. The van der Waals surface area contributed by atoms with E-state index in [4.69, 9.17) is 16.3 Å². The van der Waals surface area contributed by atoms with Crippen LogP contribution in [-0.4, -0.2) is 41.6 Å². The summed E-state index contributed by atoms with van der Waals surface area (Å²) in [6, 6.07) is 5.54. The highest BCUT2D eigenvalue weighted by molar-refractivity contribution is 7.17. The van der Waals surface area contributed by atoms with Gasteiger partial charge in [-0.3, -0.25) is 9.20 Å². The second kappa shape index (κ2) is 7.95. The number of carbonyl (C=O) groups is 1. The Balaban J connectivity index is 1.56. The summed E-state index contributed by atoms with van der Waals surface area (Å²) in [5.74, 6) is -0.210. The lowest BCUT2D eigenvalue weighted by molar-refractivity contribution is -0.111. The summed E-state index contributed by atoms with van der Waals surface area (Å²) in [6.45, 7) is 6.77. The van der Waals surface area contributed by atoms with Crippen LogP contribution in [0.2, 0.25) is 5.02 Å². The number of aromatic nitrogens is 2. The highest BCUT2D eigenvalue weighted by atomic mass is 35.5. The number of hydrogen-bond donors (Lipinski definition) is 1. The third-order valence-corrected chi connectivity index (χ3v) is 5.83. The van der Waals surface area contributed by atoms with Gasteiger partial charge in [0.1, 0.15) is 0 Å². The second-order valence-corrected chi connectivity index (χ2v) is 8.26. The molecular weight excluding hydrogens is 396 g/mol. The first-order valence-corrected chi connectivity index (χ1v) is 10.3. The second-order valence-electron chi connectivity index (χ2n) is 6.63. The van der Waals surface area contributed by atoms with Gasteiger partial charge in [0.25, 0.3) is 0 Å². The van der Waals surface area contributed by atoms with Crippen LogP contribution in [-0.2, 0) is 9.53 Å². The largest absolute Gasteiger partial charge is 0.378 e. The maximum Gasteiger partial charge on any atom is 0.248 e. The number of hydrogen-bond acceptors (Lipinski definition) is 5. The summed E-state index contributed by atoms with van der Waals surface area (Å²) >= 11 is 8.06. The van der Waals surface area contributed by atoms with Crippen molar-refractivity contribution >= 4 is 51.3 Å². The van der Waals surface area contributed by atoms with Gasteiger partial charge >= 0.3 is 0 Å². The molecule has 1 saturated heterocycles. The Bertz CT molecular complexity index is 1050. The number of ether oxygens (including phenoxy) is 1. The van der Waals surface area contributed by atoms with Crippen molar-refractivity contribution in [2.45, 2.75) is 13.8 Å². The molecule has 3 heterocycles. The summed E-state index contributed by atoms with van der Waals surface area (Å²) in [4.78, 5) is 21.4. The van der Waals surface area contributed by atoms with E-state index in [9.17, 15) is 4.79 Å². The van der Waals surface area contributed by atoms with Crippen molar-refractivity contribution in [1.29, 1.82) is 0 Å². The predicted molar refractivity (Wildman–Crippen MR) is 115 cm³/mol. The third kappa shape index (κ3) is 3.78. The van der Waals surface area contributed by atoms with Crippen LogP contribution in [0, 0.1) is 13.8 Å². The zero-order valence-corrected chi connectivity index (χ0v) is 17.3. The molecule has 1 aromatic carbocycles. The molecule has 0 bridgehead atoms. The van der Waals surface area contributed by atoms with Crippen molar-refractivity contribution in [1.82, 2.24) is 9.38 Å². The predicted octanol–water partition coefficient (Wildman–Crippen LogP) is 4.15. The summed E-state index contributed by atoms with van der Waals surface area (Å²) in [6.07, 6.45) is 5.37. The number of morpholine rings is 1. The number of amides is 1. The Hall–Kier alpha value is -2.35. The van der Waals surface area contributed by atoms with Crippen molar-refractivity contribution in [2.75, 3.05) is 36.5 Å². The highest BCUT2D eigenvalue weighted by Crippen LogP contribution is 2.34. The smallest absolute Gasteiger partial charge is 0.248 e. The van der Waals surface area contributed by atoms with Crippen LogP contribution in [0.3, 0.4) is 0 Å². The molecule has 2 aromatic heterocycles. The molecule has 0 atom stereocenters. The first-order chi connectivity index (χ1) is 13.5. The Morgan fingerprint density at radius 1 is 1.32 bits per heavy atom. The number of imidazole rings is 1. The first kappa shape index (κ1) is 19.0. The minimum atomic E-state index is -0.210. The number of thiazole rings is 1. The lowest BCUT2D eigenvalue weighted by Gasteiger charge is -2.31. The van der Waals surface area contributed by atoms with Crippen molar-refractivity contribution in [2.24, 2.45) is 0 Å². The van der Waals surface area contributed by atoms with Crippen molar-refractivity contribution < 1.29 is 9.53 Å². The molecule has 146 valence electrons. The maximum absolute atomic E-state index is 12.6. The molecule has 1 aliphatic rings. The number of nitrogens with zero attached hydrogens (tertiary/aromatic N) is 3. The van der Waals surface area contributed by atoms with Crippen molar-refractivity contribution in [3.8, 4) is 0 Å². The Morgan fingerprint density at radius 2 is 2.11 bits per heavy atom. The summed E-state index contributed by atoms with van der Waals surface area (Å²) in [7, 11) is 0. The van der Waals surface area contributed by atoms with Gasteiger partial charge in [-0.1, -0.05) is 17.7 Å². The van der Waals surface area contributed by atoms with Crippen LogP contribution >= 0.6 is 22.9 Å². The van der Waals surface area contributed by atoms with Gasteiger partial charge in [0.15, 0.2) is 4.96 Å². The Labute approximate surface area is 172 Å². The number of aryl methyl sites for hydroxylation is 2. The number of anilines is 2. The van der Waals surface area contributed by atoms with Crippen LogP contribution in [0.15, 0.2) is 30.5 Å². The molecule has 1 fully saturated rings. The van der Waals surface area contributed by atoms with Gasteiger partial charge in [-0.2, -0.15) is 0 Å². The molecule has 3 aromatic rings. The molecule has 4 rings (SSSR count). The summed E-state index contributed by atoms with van der Waals surface area (Å²) < 4.78 is 7.43. The van der Waals surface area contributed by atoms with Crippen molar-refractivity contribution in [3.05, 3.63) is 51.8 Å². The quantitative estimate of drug-likeness (QED) is 0.649. The van der Waals surface area contributed by atoms with Crippen LogP contribution in [0.5, 0.6) is 0 Å². The van der Waals surface area contributed by atoms with Crippen LogP contribution < -0.4 is 10.2 Å². The molecule has 1 amide bonds. The highest BCUT2D eigenvalue weighted by Gasteiger charge is 2.18. The van der Waals surface area contributed by atoms with Gasteiger partial charge in [-0.05, 0) is 32.1 Å². The van der Waals surface area contributed by atoms with Crippen LogP contribution in [0.4, 0.5) is 11.4 Å². The van der Waals surface area contributed by atoms with E-state index in [0.29, 0.717) is 23.9 Å². The topological polar surface area (TPSA) is 58.9 Å². The SMILES string of the molecule is Cc1cn2c(/C=C/C(=O)Nc3cccc(Cl)c3N3CCOCC3)c(C)nc2s1. The molecule has 0 unspecified atom stereocenters. The minimum absolute atomic E-state index is 0.210. The third-order valence-electron chi connectivity index (χ3n) is 4.63. The molecule has 8 heteroatoms. The molecule has 6 nitrogen and oxygen atoms in total. The number of halogens is 1. The van der Waals surface area contributed by atoms with E-state index in [2.05, 4.69) is 15.2 Å². The maximum atomic E-state index is 12.6. The molecule has 1 aliphatic heterocycles. The van der Waals surface area contributed by atoms with Gasteiger partial charge in [0.05, 0.1) is 41.0 Å². The van der Waals surface area contributed by atoms with Gasteiger partial charge < -0.3 is 15.0 Å². The molecule has 1 N–H and O–H groups in total. The number of para-hydroxylation sites is 1. The van der Waals surface area contributed by atoms with Gasteiger partial charge in [-0.25, -0.2) is 4.98 Å². The van der Waals surface area contributed by atoms with E-state index in [1.54, 1.807) is 17.4 Å². The fourth-order valence-corrected chi connectivity index (χ4v) is 4.51. The number of fused-ring (bicyclic) bond motifs is 1. The lowest BCUT2D eigenvalue weighted by atomic mass is 10.2. The summed E-state index contributed by atoms with van der Waals surface area (Å²) in [5.41, 5.74) is 3.34. The zero-order valence-electron chi connectivity index (χ0n) is 15.7. The Kier molecular flexibility index (Phi) is 5.39. The average molecular weight is 417 g/mol. The van der Waals surface area contributed by atoms with E-state index in [-0.39, 0.29) is 5.91 Å². The molecular formula is C20H21ClN4O2S. The molecule has 0 saturated carbocycles. The average Bonchev–Trinajstić information content (AvgIpc) is 3.15. The van der Waals surface area contributed by atoms with E-state index >= 15 is 0 Å². The number of benzene rings is 1. The van der Waals surface area contributed by atoms with E-state index < -0.39 is 0 Å². The fourth-order valence-electron chi connectivity index (χ4n) is 3.34. The van der Waals surface area contributed by atoms with Gasteiger partial charge in [-0.15, -0.1) is 11.3 Å². The van der Waals surface area contributed by atoms with Gasteiger partial charge in [0.2, 0.25) is 5.91 Å². The van der Waals surface area contributed by atoms with Gasteiger partial charge in [0, 0.05) is 30.2 Å². The summed E-state index contributed by atoms with van der Waals surface area (Å²) in [5, 5.41) is 3.58. The van der Waals surface area contributed by atoms with E-state index in [1.807, 2.05) is 42.6 Å². The number of carbonyl (C=O) groups excluding carboxylic acids is 1.